The van der Waals surface area contributed by atoms with Crippen molar-refractivity contribution in [3.05, 3.63) is 77.5 Å². The highest BCUT2D eigenvalue weighted by molar-refractivity contribution is 5.75. The Morgan fingerprint density at radius 1 is 1.04 bits per heavy atom. The van der Waals surface area contributed by atoms with Crippen molar-refractivity contribution >= 4 is 17.7 Å². The van der Waals surface area contributed by atoms with E-state index in [1.165, 1.54) is 0 Å². The molecule has 0 atom stereocenters. The molecule has 0 spiro atoms. The van der Waals surface area contributed by atoms with Crippen molar-refractivity contribution in [1.82, 2.24) is 4.90 Å². The number of benzene rings is 2. The zero-order valence-corrected chi connectivity index (χ0v) is 15.3. The van der Waals surface area contributed by atoms with Crippen LogP contribution in [0.25, 0.3) is 11.6 Å². The molecule has 0 saturated carbocycles. The summed E-state index contributed by atoms with van der Waals surface area (Å²) in [5, 5.41) is 0. The second-order valence-electron chi connectivity index (χ2n) is 6.88. The molecule has 0 aliphatic rings. The van der Waals surface area contributed by atoms with Gasteiger partial charge in [0.15, 0.2) is 0 Å². The van der Waals surface area contributed by atoms with E-state index >= 15 is 0 Å². The standard InChI is InChI=1S/C22H25NO2/c1-22(2,3)25-21(24)23(4)17-20(19-13-9-6-10-14-19)16-15-18-11-7-5-8-12-18/h5-15H,17H2,1-4H3. The summed E-state index contributed by atoms with van der Waals surface area (Å²) in [5.74, 6) is 0. The summed E-state index contributed by atoms with van der Waals surface area (Å²) in [5.41, 5.74) is 5.86. The highest BCUT2D eigenvalue weighted by Crippen LogP contribution is 2.17. The molecule has 0 saturated heterocycles. The van der Waals surface area contributed by atoms with Gasteiger partial charge in [0.2, 0.25) is 0 Å². The third-order valence-electron chi connectivity index (χ3n) is 3.44. The van der Waals surface area contributed by atoms with Gasteiger partial charge in [0, 0.05) is 12.6 Å². The highest BCUT2D eigenvalue weighted by Gasteiger charge is 2.20. The summed E-state index contributed by atoms with van der Waals surface area (Å²) in [7, 11) is 1.74. The average Bonchev–Trinajstić information content (AvgIpc) is 2.58. The van der Waals surface area contributed by atoms with Gasteiger partial charge in [-0.2, -0.15) is 0 Å². The third-order valence-corrected chi connectivity index (χ3v) is 3.44. The number of ether oxygens (including phenoxy) is 1. The Bertz CT molecular complexity index is 752. The lowest BCUT2D eigenvalue weighted by Crippen LogP contribution is -2.35. The van der Waals surface area contributed by atoms with Gasteiger partial charge in [0.05, 0.1) is 6.54 Å². The van der Waals surface area contributed by atoms with Crippen molar-refractivity contribution < 1.29 is 9.53 Å². The molecule has 25 heavy (non-hydrogen) atoms. The molecule has 0 bridgehead atoms. The summed E-state index contributed by atoms with van der Waals surface area (Å²) < 4.78 is 5.43. The summed E-state index contributed by atoms with van der Waals surface area (Å²) in [6.07, 6.45) is 1.59. The van der Waals surface area contributed by atoms with Gasteiger partial charge in [0.1, 0.15) is 5.60 Å². The first-order valence-corrected chi connectivity index (χ1v) is 8.35. The molecule has 0 aliphatic carbocycles. The predicted octanol–water partition coefficient (Wildman–Crippen LogP) is 5.25. The molecule has 0 aliphatic heterocycles. The average molecular weight is 335 g/mol. The van der Waals surface area contributed by atoms with Gasteiger partial charge in [-0.15, -0.1) is 5.73 Å². The van der Waals surface area contributed by atoms with Gasteiger partial charge in [-0.25, -0.2) is 4.79 Å². The Labute approximate surface area is 150 Å². The van der Waals surface area contributed by atoms with Crippen molar-refractivity contribution in [3.8, 4) is 0 Å². The van der Waals surface area contributed by atoms with Crippen LogP contribution < -0.4 is 0 Å². The van der Waals surface area contributed by atoms with E-state index in [0.717, 1.165) is 16.7 Å². The van der Waals surface area contributed by atoms with Crippen LogP contribution in [0.5, 0.6) is 0 Å². The zero-order valence-electron chi connectivity index (χ0n) is 15.3. The molecular formula is C22H25NO2. The summed E-state index contributed by atoms with van der Waals surface area (Å²) >= 11 is 0. The van der Waals surface area contributed by atoms with Gasteiger partial charge in [-0.3, -0.25) is 0 Å². The number of nitrogens with zero attached hydrogens (tertiary/aromatic N) is 1. The minimum Gasteiger partial charge on any atom is -0.444 e. The van der Waals surface area contributed by atoms with E-state index in [4.69, 9.17) is 4.74 Å². The van der Waals surface area contributed by atoms with Gasteiger partial charge < -0.3 is 9.64 Å². The molecule has 3 heteroatoms. The van der Waals surface area contributed by atoms with E-state index < -0.39 is 5.60 Å². The second-order valence-corrected chi connectivity index (χ2v) is 6.88. The maximum atomic E-state index is 12.3. The second kappa shape index (κ2) is 8.36. The van der Waals surface area contributed by atoms with Crippen molar-refractivity contribution in [2.45, 2.75) is 26.4 Å². The number of likely N-dealkylation sites (N-methyl/N-ethyl adjacent to an activating group) is 1. The molecule has 0 unspecified atom stereocenters. The smallest absolute Gasteiger partial charge is 0.410 e. The minimum absolute atomic E-state index is 0.345. The number of carbonyl (C=O) groups excluding carboxylic acids is 1. The van der Waals surface area contributed by atoms with Crippen LogP contribution in [0.1, 0.15) is 31.9 Å². The monoisotopic (exact) mass is 335 g/mol. The Morgan fingerprint density at radius 3 is 2.16 bits per heavy atom. The lowest BCUT2D eigenvalue weighted by atomic mass is 10.1. The zero-order chi connectivity index (χ0) is 18.3. The molecule has 3 nitrogen and oxygen atoms in total. The summed E-state index contributed by atoms with van der Waals surface area (Å²) in [6, 6.07) is 20.0. The molecule has 0 fully saturated rings. The van der Waals surface area contributed by atoms with Crippen LogP contribution in [0.2, 0.25) is 0 Å². The molecular weight excluding hydrogens is 310 g/mol. The Hall–Kier alpha value is -2.77. The van der Waals surface area contributed by atoms with Gasteiger partial charge in [-0.05, 0) is 38.0 Å². The van der Waals surface area contributed by atoms with E-state index in [-0.39, 0.29) is 6.09 Å². The van der Waals surface area contributed by atoms with Gasteiger partial charge >= 0.3 is 6.09 Å². The summed E-state index contributed by atoms with van der Waals surface area (Å²) in [6.45, 7) is 6.01. The molecule has 2 aromatic rings. The molecule has 0 heterocycles. The maximum Gasteiger partial charge on any atom is 0.410 e. The third kappa shape index (κ3) is 6.33. The van der Waals surface area contributed by atoms with E-state index in [1.807, 2.05) is 87.5 Å². The number of rotatable bonds is 4. The van der Waals surface area contributed by atoms with E-state index in [9.17, 15) is 4.79 Å². The quantitative estimate of drug-likeness (QED) is 0.714. The van der Waals surface area contributed by atoms with Crippen molar-refractivity contribution in [1.29, 1.82) is 0 Å². The maximum absolute atomic E-state index is 12.3. The lowest BCUT2D eigenvalue weighted by molar-refractivity contribution is 0.0321. The van der Waals surface area contributed by atoms with Gasteiger partial charge in [0.25, 0.3) is 0 Å². The molecule has 0 radical (unpaired) electrons. The fourth-order valence-electron chi connectivity index (χ4n) is 2.22. The first kappa shape index (κ1) is 18.6. The molecule has 2 rings (SSSR count). The fraction of sp³-hybridized carbons (Fsp3) is 0.273. The topological polar surface area (TPSA) is 29.5 Å². The largest absolute Gasteiger partial charge is 0.444 e. The molecule has 1 amide bonds. The number of carbonyl (C=O) groups is 1. The van der Waals surface area contributed by atoms with Crippen LogP contribution in [-0.4, -0.2) is 30.2 Å². The van der Waals surface area contributed by atoms with Crippen LogP contribution in [0.15, 0.2) is 66.4 Å². The Morgan fingerprint density at radius 2 is 1.60 bits per heavy atom. The number of hydrogen-bond acceptors (Lipinski definition) is 2. The van der Waals surface area contributed by atoms with Crippen LogP contribution in [0, 0.1) is 0 Å². The van der Waals surface area contributed by atoms with Crippen LogP contribution in [-0.2, 0) is 4.74 Å². The predicted molar refractivity (Wildman–Crippen MR) is 103 cm³/mol. The van der Waals surface area contributed by atoms with E-state index in [0.29, 0.717) is 6.54 Å². The van der Waals surface area contributed by atoms with Crippen molar-refractivity contribution in [2.75, 3.05) is 13.6 Å². The van der Waals surface area contributed by atoms with Crippen molar-refractivity contribution in [2.24, 2.45) is 0 Å². The number of hydrogen-bond donors (Lipinski definition) is 0. The molecule has 130 valence electrons. The first-order chi connectivity index (χ1) is 11.8. The first-order valence-electron chi connectivity index (χ1n) is 8.35. The SMILES string of the molecule is CN(CC(=C=Cc1ccccc1)c1ccccc1)C(=O)OC(C)(C)C. The van der Waals surface area contributed by atoms with Crippen LogP contribution in [0.4, 0.5) is 4.79 Å². The molecule has 0 N–H and O–H groups in total. The lowest BCUT2D eigenvalue weighted by Gasteiger charge is -2.25. The minimum atomic E-state index is -0.512. The van der Waals surface area contributed by atoms with Crippen molar-refractivity contribution in [3.63, 3.8) is 0 Å². The normalized spacial score (nSPS) is 10.6. The fourth-order valence-corrected chi connectivity index (χ4v) is 2.22. The van der Waals surface area contributed by atoms with E-state index in [2.05, 4.69) is 5.73 Å². The molecule has 2 aromatic carbocycles. The van der Waals surface area contributed by atoms with Gasteiger partial charge in [-0.1, -0.05) is 60.7 Å². The van der Waals surface area contributed by atoms with E-state index in [1.54, 1.807) is 11.9 Å². The van der Waals surface area contributed by atoms with Crippen LogP contribution >= 0.6 is 0 Å². The Balaban J connectivity index is 2.27. The number of amides is 1. The molecule has 0 aromatic heterocycles. The summed E-state index contributed by atoms with van der Waals surface area (Å²) in [4.78, 5) is 13.8. The highest BCUT2D eigenvalue weighted by atomic mass is 16.6. The van der Waals surface area contributed by atoms with Crippen LogP contribution in [0.3, 0.4) is 0 Å². The Kier molecular flexibility index (Phi) is 6.21.